The molecule has 18 heavy (non-hydrogen) atoms. The number of aryl methyl sites for hydroxylation is 1. The smallest absolute Gasteiger partial charge is 0.150 e. The minimum atomic E-state index is -2.90. The van der Waals surface area contributed by atoms with Crippen molar-refractivity contribution in [1.29, 1.82) is 0 Å². The second kappa shape index (κ2) is 6.55. The SMILES string of the molecule is CCS(=O)(=O)CCCC(N)c1cc(C)cc(Cl)c1. The molecule has 0 radical (unpaired) electrons. The molecule has 0 bridgehead atoms. The van der Waals surface area contributed by atoms with E-state index in [9.17, 15) is 8.42 Å². The van der Waals surface area contributed by atoms with Crippen LogP contribution in [0.3, 0.4) is 0 Å². The van der Waals surface area contributed by atoms with E-state index in [1.54, 1.807) is 6.92 Å². The van der Waals surface area contributed by atoms with Crippen molar-refractivity contribution in [3.63, 3.8) is 0 Å². The van der Waals surface area contributed by atoms with Crippen LogP contribution in [0.1, 0.15) is 36.9 Å². The van der Waals surface area contributed by atoms with Gasteiger partial charge in [0.2, 0.25) is 0 Å². The summed E-state index contributed by atoms with van der Waals surface area (Å²) in [7, 11) is -2.90. The molecular weight excluding hydrogens is 270 g/mol. The summed E-state index contributed by atoms with van der Waals surface area (Å²) >= 11 is 5.97. The molecule has 0 aliphatic heterocycles. The van der Waals surface area contributed by atoms with Crippen molar-refractivity contribution in [2.75, 3.05) is 11.5 Å². The second-order valence-electron chi connectivity index (χ2n) is 4.55. The largest absolute Gasteiger partial charge is 0.324 e. The maximum absolute atomic E-state index is 11.4. The lowest BCUT2D eigenvalue weighted by molar-refractivity contribution is 0.584. The molecule has 2 N–H and O–H groups in total. The fourth-order valence-corrected chi connectivity index (χ4v) is 3.01. The Kier molecular flexibility index (Phi) is 5.63. The zero-order valence-corrected chi connectivity index (χ0v) is 12.4. The van der Waals surface area contributed by atoms with Crippen LogP contribution in [0.5, 0.6) is 0 Å². The van der Waals surface area contributed by atoms with E-state index in [2.05, 4.69) is 0 Å². The first-order chi connectivity index (χ1) is 8.34. The van der Waals surface area contributed by atoms with Gasteiger partial charge >= 0.3 is 0 Å². The minimum Gasteiger partial charge on any atom is -0.324 e. The standard InChI is InChI=1S/C13H20ClNO2S/c1-3-18(16,17)6-4-5-13(15)11-7-10(2)8-12(14)9-11/h7-9,13H,3-6,15H2,1-2H3. The molecule has 1 unspecified atom stereocenters. The van der Waals surface area contributed by atoms with Gasteiger partial charge in [0.15, 0.2) is 0 Å². The number of rotatable bonds is 6. The Morgan fingerprint density at radius 2 is 2.00 bits per heavy atom. The zero-order chi connectivity index (χ0) is 13.8. The minimum absolute atomic E-state index is 0.158. The van der Waals surface area contributed by atoms with Gasteiger partial charge < -0.3 is 5.73 Å². The summed E-state index contributed by atoms with van der Waals surface area (Å²) in [5, 5.41) is 0.668. The lowest BCUT2D eigenvalue weighted by Gasteiger charge is -2.13. The van der Waals surface area contributed by atoms with E-state index in [1.165, 1.54) is 0 Å². The molecule has 1 rings (SSSR count). The van der Waals surface area contributed by atoms with Gasteiger partial charge in [0.25, 0.3) is 0 Å². The molecular formula is C13H20ClNO2S. The van der Waals surface area contributed by atoms with Crippen molar-refractivity contribution < 1.29 is 8.42 Å². The molecule has 1 aromatic rings. The summed E-state index contributed by atoms with van der Waals surface area (Å²) in [6.07, 6.45) is 1.24. The maximum atomic E-state index is 11.4. The molecule has 1 atom stereocenters. The summed E-state index contributed by atoms with van der Waals surface area (Å²) in [5.41, 5.74) is 8.08. The van der Waals surface area contributed by atoms with Crippen molar-refractivity contribution >= 4 is 21.4 Å². The van der Waals surface area contributed by atoms with Gasteiger partial charge in [-0.05, 0) is 43.0 Å². The van der Waals surface area contributed by atoms with Crippen molar-refractivity contribution in [3.05, 3.63) is 34.3 Å². The van der Waals surface area contributed by atoms with Crippen LogP contribution in [0.25, 0.3) is 0 Å². The summed E-state index contributed by atoms with van der Waals surface area (Å²) in [6, 6.07) is 5.55. The topological polar surface area (TPSA) is 60.2 Å². The van der Waals surface area contributed by atoms with Gasteiger partial charge in [0, 0.05) is 16.8 Å². The molecule has 0 fully saturated rings. The van der Waals surface area contributed by atoms with Crippen LogP contribution in [0.15, 0.2) is 18.2 Å². The molecule has 102 valence electrons. The van der Waals surface area contributed by atoms with Gasteiger partial charge in [0.1, 0.15) is 9.84 Å². The molecule has 5 heteroatoms. The molecule has 1 aromatic carbocycles. The summed E-state index contributed by atoms with van der Waals surface area (Å²) < 4.78 is 22.7. The fraction of sp³-hybridized carbons (Fsp3) is 0.538. The van der Waals surface area contributed by atoms with Crippen molar-refractivity contribution in [3.8, 4) is 0 Å². The average molecular weight is 290 g/mol. The van der Waals surface area contributed by atoms with Gasteiger partial charge in [0.05, 0.1) is 5.75 Å². The molecule has 0 aromatic heterocycles. The van der Waals surface area contributed by atoms with Crippen LogP contribution in [0, 0.1) is 6.92 Å². The van der Waals surface area contributed by atoms with E-state index in [0.29, 0.717) is 17.9 Å². The number of benzene rings is 1. The fourth-order valence-electron chi connectivity index (χ4n) is 1.81. The van der Waals surface area contributed by atoms with Crippen LogP contribution in [-0.2, 0) is 9.84 Å². The Labute approximate surface area is 114 Å². The summed E-state index contributed by atoms with van der Waals surface area (Å²) in [4.78, 5) is 0. The van der Waals surface area contributed by atoms with Gasteiger partial charge in [-0.25, -0.2) is 8.42 Å². The Bertz CT molecular complexity index is 479. The second-order valence-corrected chi connectivity index (χ2v) is 7.46. The Balaban J connectivity index is 2.58. The first-order valence-corrected chi connectivity index (χ1v) is 8.27. The average Bonchev–Trinajstić information content (AvgIpc) is 2.27. The highest BCUT2D eigenvalue weighted by molar-refractivity contribution is 7.91. The van der Waals surface area contributed by atoms with Crippen LogP contribution >= 0.6 is 11.6 Å². The summed E-state index contributed by atoms with van der Waals surface area (Å²) in [6.45, 7) is 3.62. The Morgan fingerprint density at radius 3 is 2.56 bits per heavy atom. The number of sulfone groups is 1. The third-order valence-corrected chi connectivity index (χ3v) is 4.91. The zero-order valence-electron chi connectivity index (χ0n) is 10.8. The third kappa shape index (κ3) is 4.96. The molecule has 0 aliphatic carbocycles. The van der Waals surface area contributed by atoms with E-state index >= 15 is 0 Å². The van der Waals surface area contributed by atoms with Gasteiger partial charge in [-0.2, -0.15) is 0 Å². The van der Waals surface area contributed by atoms with E-state index in [-0.39, 0.29) is 17.5 Å². The highest BCUT2D eigenvalue weighted by Gasteiger charge is 2.11. The maximum Gasteiger partial charge on any atom is 0.150 e. The highest BCUT2D eigenvalue weighted by atomic mass is 35.5. The predicted octanol–water partition coefficient (Wildman–Crippen LogP) is 2.86. The molecule has 0 saturated carbocycles. The first-order valence-electron chi connectivity index (χ1n) is 6.07. The molecule has 3 nitrogen and oxygen atoms in total. The third-order valence-electron chi connectivity index (χ3n) is 2.90. The molecule has 0 saturated heterocycles. The van der Waals surface area contributed by atoms with Crippen LogP contribution in [-0.4, -0.2) is 19.9 Å². The Hall–Kier alpha value is -0.580. The van der Waals surface area contributed by atoms with Gasteiger partial charge in [-0.15, -0.1) is 0 Å². The molecule has 0 spiro atoms. The lowest BCUT2D eigenvalue weighted by atomic mass is 10.0. The summed E-state index contributed by atoms with van der Waals surface area (Å²) in [5.74, 6) is 0.398. The van der Waals surface area contributed by atoms with Crippen molar-refractivity contribution in [1.82, 2.24) is 0 Å². The predicted molar refractivity (Wildman–Crippen MR) is 76.7 cm³/mol. The van der Waals surface area contributed by atoms with Crippen LogP contribution in [0.4, 0.5) is 0 Å². The first kappa shape index (κ1) is 15.5. The molecule has 0 aliphatic rings. The molecule has 0 amide bonds. The van der Waals surface area contributed by atoms with E-state index < -0.39 is 9.84 Å². The number of hydrogen-bond acceptors (Lipinski definition) is 3. The quantitative estimate of drug-likeness (QED) is 0.876. The highest BCUT2D eigenvalue weighted by Crippen LogP contribution is 2.22. The number of nitrogens with two attached hydrogens (primary N) is 1. The monoisotopic (exact) mass is 289 g/mol. The normalized spacial score (nSPS) is 13.6. The van der Waals surface area contributed by atoms with E-state index in [1.807, 2.05) is 25.1 Å². The van der Waals surface area contributed by atoms with Gasteiger partial charge in [-0.3, -0.25) is 0 Å². The molecule has 0 heterocycles. The number of halogens is 1. The van der Waals surface area contributed by atoms with Crippen molar-refractivity contribution in [2.45, 2.75) is 32.7 Å². The number of hydrogen-bond donors (Lipinski definition) is 1. The van der Waals surface area contributed by atoms with Crippen molar-refractivity contribution in [2.24, 2.45) is 5.73 Å². The van der Waals surface area contributed by atoms with Gasteiger partial charge in [-0.1, -0.05) is 24.6 Å². The Morgan fingerprint density at radius 1 is 1.33 bits per heavy atom. The van der Waals surface area contributed by atoms with E-state index in [0.717, 1.165) is 11.1 Å². The van der Waals surface area contributed by atoms with E-state index in [4.69, 9.17) is 17.3 Å². The van der Waals surface area contributed by atoms with Crippen LogP contribution in [0.2, 0.25) is 5.02 Å². The lowest BCUT2D eigenvalue weighted by Crippen LogP contribution is -2.14. The van der Waals surface area contributed by atoms with Crippen LogP contribution < -0.4 is 5.73 Å².